The Morgan fingerprint density at radius 1 is 1.13 bits per heavy atom. The minimum atomic E-state index is -1.01. The second-order valence-corrected chi connectivity index (χ2v) is 7.16. The molecule has 7 heteroatoms. The highest BCUT2D eigenvalue weighted by atomic mass is 16.6. The van der Waals surface area contributed by atoms with E-state index < -0.39 is 24.1 Å². The van der Waals surface area contributed by atoms with Crippen LogP contribution < -0.4 is 5.32 Å². The first kappa shape index (κ1) is 21.3. The monoisotopic (exact) mass is 407 g/mol. The molecule has 2 aromatic rings. The van der Waals surface area contributed by atoms with Gasteiger partial charge < -0.3 is 19.7 Å². The Kier molecular flexibility index (Phi) is 7.41. The Labute approximate surface area is 176 Å². The molecule has 0 aromatic heterocycles. The predicted octanol–water partition coefficient (Wildman–Crippen LogP) is 2.79. The number of benzene rings is 2. The zero-order valence-corrected chi connectivity index (χ0v) is 16.9. The number of carbonyl (C=O) groups excluding carboxylic acids is 2. The third kappa shape index (κ3) is 5.82. The topological polar surface area (TPSA) is 91.7 Å². The lowest BCUT2D eigenvalue weighted by molar-refractivity contribution is -0.130. The van der Waals surface area contributed by atoms with Crippen LogP contribution in [0.1, 0.15) is 23.6 Å². The molecule has 0 spiro atoms. The number of rotatable bonds is 7. The molecule has 1 heterocycles. The van der Waals surface area contributed by atoms with Crippen LogP contribution in [0.4, 0.5) is 4.79 Å². The molecule has 3 rings (SSSR count). The number of hydrogen-bond acceptors (Lipinski definition) is 5. The molecular weight excluding hydrogens is 382 g/mol. The Morgan fingerprint density at radius 2 is 1.83 bits per heavy atom. The summed E-state index contributed by atoms with van der Waals surface area (Å²) in [7, 11) is 0. The molecule has 2 amide bonds. The normalized spacial score (nSPS) is 14.7. The van der Waals surface area contributed by atoms with Gasteiger partial charge in [-0.1, -0.05) is 54.6 Å². The molecule has 0 aliphatic carbocycles. The van der Waals surface area contributed by atoms with Gasteiger partial charge in [0.25, 0.3) is 5.91 Å². The van der Waals surface area contributed by atoms with Gasteiger partial charge in [-0.25, -0.2) is 4.79 Å². The van der Waals surface area contributed by atoms with E-state index in [9.17, 15) is 14.9 Å². The van der Waals surface area contributed by atoms with E-state index in [2.05, 4.69) is 11.4 Å². The van der Waals surface area contributed by atoms with Gasteiger partial charge in [-0.3, -0.25) is 4.79 Å². The van der Waals surface area contributed by atoms with Gasteiger partial charge >= 0.3 is 6.09 Å². The number of nitrogens with one attached hydrogen (secondary N) is 1. The molecule has 0 bridgehead atoms. The molecule has 2 unspecified atom stereocenters. The van der Waals surface area contributed by atoms with E-state index in [0.29, 0.717) is 19.7 Å². The fourth-order valence-corrected chi connectivity index (χ4v) is 3.20. The van der Waals surface area contributed by atoms with Crippen LogP contribution in [-0.2, 0) is 33.8 Å². The first-order valence-corrected chi connectivity index (χ1v) is 9.91. The van der Waals surface area contributed by atoms with Crippen molar-refractivity contribution in [1.82, 2.24) is 10.2 Å². The second-order valence-electron chi connectivity index (χ2n) is 7.16. The highest BCUT2D eigenvalue weighted by Crippen LogP contribution is 2.19. The molecule has 1 aliphatic rings. The minimum Gasteiger partial charge on any atom is -0.436 e. The summed E-state index contributed by atoms with van der Waals surface area (Å²) < 4.78 is 10.8. The Bertz CT molecular complexity index is 910. The fraction of sp³-hybridized carbons (Fsp3) is 0.348. The van der Waals surface area contributed by atoms with Gasteiger partial charge in [0.2, 0.25) is 0 Å². The van der Waals surface area contributed by atoms with Crippen LogP contribution >= 0.6 is 0 Å². The van der Waals surface area contributed by atoms with E-state index in [0.717, 1.165) is 17.5 Å². The van der Waals surface area contributed by atoms with Gasteiger partial charge in [0, 0.05) is 13.1 Å². The van der Waals surface area contributed by atoms with E-state index in [4.69, 9.17) is 9.47 Å². The molecule has 30 heavy (non-hydrogen) atoms. The Balaban J connectivity index is 1.44. The predicted molar refractivity (Wildman–Crippen MR) is 110 cm³/mol. The largest absolute Gasteiger partial charge is 0.436 e. The molecule has 0 saturated carbocycles. The van der Waals surface area contributed by atoms with Crippen molar-refractivity contribution in [3.63, 3.8) is 0 Å². The lowest BCUT2D eigenvalue weighted by Crippen LogP contribution is -2.45. The molecule has 0 radical (unpaired) electrons. The summed E-state index contributed by atoms with van der Waals surface area (Å²) in [6.07, 6.45) is -0.804. The third-order valence-electron chi connectivity index (χ3n) is 4.90. The first-order chi connectivity index (χ1) is 14.6. The van der Waals surface area contributed by atoms with Crippen molar-refractivity contribution >= 4 is 12.0 Å². The maximum absolute atomic E-state index is 12.4. The van der Waals surface area contributed by atoms with E-state index in [1.165, 1.54) is 12.5 Å². The van der Waals surface area contributed by atoms with E-state index in [1.807, 2.05) is 54.6 Å². The smallest absolute Gasteiger partial charge is 0.410 e. The van der Waals surface area contributed by atoms with Crippen molar-refractivity contribution in [2.75, 3.05) is 13.2 Å². The summed E-state index contributed by atoms with van der Waals surface area (Å²) >= 11 is 0. The van der Waals surface area contributed by atoms with Crippen LogP contribution in [-0.4, -0.2) is 42.2 Å². The van der Waals surface area contributed by atoms with Gasteiger partial charge in [0.1, 0.15) is 6.04 Å². The standard InChI is InChI=1S/C23H25N3O4/c1-17(30-23(28)26-12-11-19-9-5-6-10-20(19)14-26)22(27)25-21(13-24)16-29-15-18-7-3-2-4-8-18/h2-10,17,21H,11-12,14-16H2,1H3,(H,25,27). The molecular formula is C23H25N3O4. The quantitative estimate of drug-likeness (QED) is 0.762. The lowest BCUT2D eigenvalue weighted by atomic mass is 10.0. The number of hydrogen-bond donors (Lipinski definition) is 1. The van der Waals surface area contributed by atoms with Crippen molar-refractivity contribution < 1.29 is 19.1 Å². The number of ether oxygens (including phenoxy) is 2. The average Bonchev–Trinajstić information content (AvgIpc) is 2.78. The van der Waals surface area contributed by atoms with E-state index in [-0.39, 0.29) is 6.61 Å². The molecule has 0 saturated heterocycles. The van der Waals surface area contributed by atoms with Gasteiger partial charge in [-0.05, 0) is 30.0 Å². The van der Waals surface area contributed by atoms with Crippen molar-refractivity contribution in [3.05, 3.63) is 71.3 Å². The zero-order valence-electron chi connectivity index (χ0n) is 16.9. The van der Waals surface area contributed by atoms with Gasteiger partial charge in [-0.2, -0.15) is 5.26 Å². The van der Waals surface area contributed by atoms with Gasteiger partial charge in [0.05, 0.1) is 19.3 Å². The average molecular weight is 407 g/mol. The molecule has 1 N–H and O–H groups in total. The molecule has 2 aromatic carbocycles. The molecule has 7 nitrogen and oxygen atoms in total. The summed E-state index contributed by atoms with van der Waals surface area (Å²) in [5.41, 5.74) is 3.28. The molecule has 1 aliphatic heterocycles. The summed E-state index contributed by atoms with van der Waals surface area (Å²) in [6, 6.07) is 18.7. The van der Waals surface area contributed by atoms with Crippen LogP contribution in [0.25, 0.3) is 0 Å². The maximum Gasteiger partial charge on any atom is 0.410 e. The number of carbonyl (C=O) groups is 2. The van der Waals surface area contributed by atoms with Crippen molar-refractivity contribution in [3.8, 4) is 6.07 Å². The number of nitriles is 1. The van der Waals surface area contributed by atoms with Crippen LogP contribution in [0.3, 0.4) is 0 Å². The van der Waals surface area contributed by atoms with Gasteiger partial charge in [0.15, 0.2) is 6.10 Å². The molecule has 0 fully saturated rings. The fourth-order valence-electron chi connectivity index (χ4n) is 3.20. The molecule has 2 atom stereocenters. The van der Waals surface area contributed by atoms with E-state index >= 15 is 0 Å². The SMILES string of the molecule is CC(OC(=O)N1CCc2ccccc2C1)C(=O)NC(C#N)COCc1ccccc1. The number of amides is 2. The Hall–Kier alpha value is -3.37. The number of fused-ring (bicyclic) bond motifs is 1. The maximum atomic E-state index is 12.4. The second kappa shape index (κ2) is 10.4. The summed E-state index contributed by atoms with van der Waals surface area (Å²) in [5.74, 6) is -0.532. The van der Waals surface area contributed by atoms with Crippen molar-refractivity contribution in [1.29, 1.82) is 5.26 Å². The van der Waals surface area contributed by atoms with E-state index in [1.54, 1.807) is 4.90 Å². The van der Waals surface area contributed by atoms with Crippen molar-refractivity contribution in [2.45, 2.75) is 38.6 Å². The first-order valence-electron chi connectivity index (χ1n) is 9.91. The summed E-state index contributed by atoms with van der Waals surface area (Å²) in [6.45, 7) is 2.87. The highest BCUT2D eigenvalue weighted by Gasteiger charge is 2.26. The van der Waals surface area contributed by atoms with Crippen molar-refractivity contribution in [2.24, 2.45) is 0 Å². The van der Waals surface area contributed by atoms with Crippen LogP contribution in [0.5, 0.6) is 0 Å². The molecule has 156 valence electrons. The zero-order chi connectivity index (χ0) is 21.3. The lowest BCUT2D eigenvalue weighted by Gasteiger charge is -2.29. The summed E-state index contributed by atoms with van der Waals surface area (Å²) in [4.78, 5) is 26.4. The highest BCUT2D eigenvalue weighted by molar-refractivity contribution is 5.83. The van der Waals surface area contributed by atoms with Gasteiger partial charge in [-0.15, -0.1) is 0 Å². The van der Waals surface area contributed by atoms with Crippen LogP contribution in [0.2, 0.25) is 0 Å². The third-order valence-corrected chi connectivity index (χ3v) is 4.90. The number of nitrogens with zero attached hydrogens (tertiary/aromatic N) is 2. The Morgan fingerprint density at radius 3 is 2.57 bits per heavy atom. The minimum absolute atomic E-state index is 0.0424. The van der Waals surface area contributed by atoms with Crippen LogP contribution in [0, 0.1) is 11.3 Å². The summed E-state index contributed by atoms with van der Waals surface area (Å²) in [5, 5.41) is 11.8. The van der Waals surface area contributed by atoms with Crippen LogP contribution in [0.15, 0.2) is 54.6 Å².